The summed E-state index contributed by atoms with van der Waals surface area (Å²) < 4.78 is 5.68. The second-order valence-corrected chi connectivity index (χ2v) is 7.49. The molecule has 0 bridgehead atoms. The van der Waals surface area contributed by atoms with Crippen LogP contribution in [0, 0.1) is 0 Å². The van der Waals surface area contributed by atoms with E-state index in [0.29, 0.717) is 23.1 Å². The Kier molecular flexibility index (Phi) is 3.03. The number of allylic oxidation sites excluding steroid dienone is 4. The van der Waals surface area contributed by atoms with Gasteiger partial charge in [0.2, 0.25) is 0 Å². The van der Waals surface area contributed by atoms with Gasteiger partial charge in [0, 0.05) is 29.4 Å². The van der Waals surface area contributed by atoms with E-state index in [1.54, 1.807) is 6.92 Å². The Hall–Kier alpha value is -2.56. The molecule has 25 heavy (non-hydrogen) atoms. The average Bonchev–Trinajstić information content (AvgIpc) is 2.94. The number of carbonyl (C=O) groups excluding carboxylic acids is 2. The van der Waals surface area contributed by atoms with Crippen molar-refractivity contribution < 1.29 is 24.5 Å². The first-order valence-electron chi connectivity index (χ1n) is 8.42. The SMILES string of the molecule is CC1=C(C)C2=CC(=O)c3c(O)c4c(c(O)c3[C@@]2(C)CC1=O)OC(C)C4. The summed E-state index contributed by atoms with van der Waals surface area (Å²) in [7, 11) is 0. The fourth-order valence-corrected chi connectivity index (χ4v) is 4.44. The lowest BCUT2D eigenvalue weighted by Crippen LogP contribution is -2.38. The fraction of sp³-hybridized carbons (Fsp3) is 0.400. The molecule has 0 aromatic heterocycles. The van der Waals surface area contributed by atoms with Gasteiger partial charge < -0.3 is 14.9 Å². The van der Waals surface area contributed by atoms with Crippen LogP contribution >= 0.6 is 0 Å². The standard InChI is InChI=1S/C20H20O5/c1-8-5-11-17(23)15-13(21)6-12-9(2)10(3)14(22)7-20(12,4)16(15)18(24)19(11)25-8/h6,8,23-24H,5,7H2,1-4H3/t8?,20-/m0/s1. The van der Waals surface area contributed by atoms with Crippen LogP contribution in [0.15, 0.2) is 22.8 Å². The summed E-state index contributed by atoms with van der Waals surface area (Å²) in [4.78, 5) is 25.3. The van der Waals surface area contributed by atoms with Crippen molar-refractivity contribution in [1.82, 2.24) is 0 Å². The van der Waals surface area contributed by atoms with Crippen molar-refractivity contribution in [1.29, 1.82) is 0 Å². The predicted molar refractivity (Wildman–Crippen MR) is 91.3 cm³/mol. The van der Waals surface area contributed by atoms with Crippen LogP contribution in [-0.4, -0.2) is 27.9 Å². The normalized spacial score (nSPS) is 27.5. The van der Waals surface area contributed by atoms with E-state index in [2.05, 4.69) is 0 Å². The largest absolute Gasteiger partial charge is 0.507 e. The summed E-state index contributed by atoms with van der Waals surface area (Å²) in [6.07, 6.45) is 1.88. The van der Waals surface area contributed by atoms with Crippen molar-refractivity contribution >= 4 is 11.6 Å². The summed E-state index contributed by atoms with van der Waals surface area (Å²) in [5, 5.41) is 21.6. The van der Waals surface area contributed by atoms with E-state index in [9.17, 15) is 19.8 Å². The van der Waals surface area contributed by atoms with E-state index >= 15 is 0 Å². The number of fused-ring (bicyclic) bond motifs is 4. The zero-order valence-electron chi connectivity index (χ0n) is 14.7. The van der Waals surface area contributed by atoms with Gasteiger partial charge in [0.25, 0.3) is 0 Å². The lowest BCUT2D eigenvalue weighted by Gasteiger charge is -2.41. The maximum atomic E-state index is 12.8. The van der Waals surface area contributed by atoms with Crippen molar-refractivity contribution in [3.8, 4) is 17.2 Å². The Morgan fingerprint density at radius 3 is 2.52 bits per heavy atom. The van der Waals surface area contributed by atoms with Gasteiger partial charge in [0.1, 0.15) is 11.9 Å². The minimum Gasteiger partial charge on any atom is -0.507 e. The van der Waals surface area contributed by atoms with Gasteiger partial charge in [-0.05, 0) is 43.6 Å². The summed E-state index contributed by atoms with van der Waals surface area (Å²) in [6, 6.07) is 0. The molecule has 1 aliphatic heterocycles. The molecule has 1 unspecified atom stereocenters. The van der Waals surface area contributed by atoms with Gasteiger partial charge in [-0.2, -0.15) is 0 Å². The number of ether oxygens (including phenoxy) is 1. The zero-order chi connectivity index (χ0) is 18.3. The molecule has 2 atom stereocenters. The Morgan fingerprint density at radius 1 is 1.16 bits per heavy atom. The molecule has 0 amide bonds. The van der Waals surface area contributed by atoms with E-state index < -0.39 is 5.41 Å². The number of phenols is 2. The molecule has 5 heteroatoms. The molecule has 130 valence electrons. The number of hydrogen-bond acceptors (Lipinski definition) is 5. The Balaban J connectivity index is 2.09. The molecule has 0 saturated carbocycles. The van der Waals surface area contributed by atoms with Crippen molar-refractivity contribution in [2.75, 3.05) is 0 Å². The molecule has 4 rings (SSSR count). The van der Waals surface area contributed by atoms with Crippen molar-refractivity contribution in [2.24, 2.45) is 0 Å². The fourth-order valence-electron chi connectivity index (χ4n) is 4.44. The highest BCUT2D eigenvalue weighted by Gasteiger charge is 2.48. The van der Waals surface area contributed by atoms with E-state index in [1.165, 1.54) is 6.08 Å². The van der Waals surface area contributed by atoms with Gasteiger partial charge in [0.05, 0.1) is 5.56 Å². The van der Waals surface area contributed by atoms with E-state index in [0.717, 1.165) is 11.1 Å². The van der Waals surface area contributed by atoms with Gasteiger partial charge in [-0.15, -0.1) is 0 Å². The molecule has 3 aliphatic rings. The number of hydrogen-bond donors (Lipinski definition) is 2. The quantitative estimate of drug-likeness (QED) is 0.709. The van der Waals surface area contributed by atoms with E-state index in [4.69, 9.17) is 4.74 Å². The van der Waals surface area contributed by atoms with Crippen LogP contribution in [0.1, 0.15) is 55.6 Å². The molecule has 1 aromatic carbocycles. The molecule has 0 fully saturated rings. The number of Topliss-reactive ketones (excluding diaryl/α,β-unsaturated/α-hetero) is 1. The van der Waals surface area contributed by atoms with E-state index in [-0.39, 0.29) is 46.9 Å². The minimum absolute atomic E-state index is 0.0221. The van der Waals surface area contributed by atoms with Crippen LogP contribution in [0.25, 0.3) is 0 Å². The van der Waals surface area contributed by atoms with Gasteiger partial charge in [0.15, 0.2) is 23.1 Å². The molecule has 1 aromatic rings. The predicted octanol–water partition coefficient (Wildman–Crippen LogP) is 3.11. The molecular weight excluding hydrogens is 320 g/mol. The van der Waals surface area contributed by atoms with Gasteiger partial charge in [-0.25, -0.2) is 0 Å². The van der Waals surface area contributed by atoms with Crippen molar-refractivity contribution in [2.45, 2.75) is 52.1 Å². The highest BCUT2D eigenvalue weighted by atomic mass is 16.5. The van der Waals surface area contributed by atoms with Crippen molar-refractivity contribution in [3.05, 3.63) is 39.5 Å². The van der Waals surface area contributed by atoms with Gasteiger partial charge in [-0.3, -0.25) is 9.59 Å². The number of benzene rings is 1. The lowest BCUT2D eigenvalue weighted by molar-refractivity contribution is -0.116. The van der Waals surface area contributed by atoms with Crippen LogP contribution in [0.4, 0.5) is 0 Å². The third-order valence-corrected chi connectivity index (χ3v) is 5.88. The second-order valence-electron chi connectivity index (χ2n) is 7.49. The first-order valence-corrected chi connectivity index (χ1v) is 8.42. The molecule has 0 saturated heterocycles. The second kappa shape index (κ2) is 4.75. The zero-order valence-corrected chi connectivity index (χ0v) is 14.7. The maximum absolute atomic E-state index is 12.8. The molecule has 5 nitrogen and oxygen atoms in total. The lowest BCUT2D eigenvalue weighted by atomic mass is 9.61. The third kappa shape index (κ3) is 1.84. The van der Waals surface area contributed by atoms with Gasteiger partial charge in [-0.1, -0.05) is 6.92 Å². The monoisotopic (exact) mass is 340 g/mol. The van der Waals surface area contributed by atoms with Crippen molar-refractivity contribution in [3.63, 3.8) is 0 Å². The van der Waals surface area contributed by atoms with E-state index in [1.807, 2.05) is 20.8 Å². The first-order chi connectivity index (χ1) is 11.7. The smallest absolute Gasteiger partial charge is 0.190 e. The highest BCUT2D eigenvalue weighted by molar-refractivity contribution is 6.13. The third-order valence-electron chi connectivity index (χ3n) is 5.88. The maximum Gasteiger partial charge on any atom is 0.190 e. The van der Waals surface area contributed by atoms with Crippen LogP contribution in [-0.2, 0) is 16.6 Å². The summed E-state index contributed by atoms with van der Waals surface area (Å²) in [5.41, 5.74) is 2.11. The molecule has 1 heterocycles. The van der Waals surface area contributed by atoms with Gasteiger partial charge >= 0.3 is 0 Å². The molecule has 2 N–H and O–H groups in total. The number of rotatable bonds is 0. The van der Waals surface area contributed by atoms with Crippen LogP contribution < -0.4 is 4.74 Å². The Bertz CT molecular complexity index is 934. The number of ketones is 2. The Labute approximate surface area is 145 Å². The topological polar surface area (TPSA) is 83.8 Å². The average molecular weight is 340 g/mol. The summed E-state index contributed by atoms with van der Waals surface area (Å²) in [6.45, 7) is 7.24. The molecule has 2 aliphatic carbocycles. The van der Waals surface area contributed by atoms with Crippen LogP contribution in [0.5, 0.6) is 17.2 Å². The number of phenolic OH excluding ortho intramolecular Hbond substituents is 2. The van der Waals surface area contributed by atoms with Crippen LogP contribution in [0.3, 0.4) is 0 Å². The summed E-state index contributed by atoms with van der Waals surface area (Å²) in [5.74, 6) is -0.403. The Morgan fingerprint density at radius 2 is 1.84 bits per heavy atom. The molecule has 0 radical (unpaired) electrons. The first kappa shape index (κ1) is 15.9. The van der Waals surface area contributed by atoms with Crippen LogP contribution in [0.2, 0.25) is 0 Å². The highest BCUT2D eigenvalue weighted by Crippen LogP contribution is 2.57. The minimum atomic E-state index is -0.865. The molecular formula is C20H20O5. The number of aromatic hydroxyl groups is 2. The summed E-state index contributed by atoms with van der Waals surface area (Å²) >= 11 is 0. The molecule has 0 spiro atoms. The number of carbonyl (C=O) groups is 2.